The summed E-state index contributed by atoms with van der Waals surface area (Å²) in [7, 11) is 0. The zero-order valence-electron chi connectivity index (χ0n) is 15.1. The Morgan fingerprint density at radius 1 is 0.880 bits per heavy atom. The summed E-state index contributed by atoms with van der Waals surface area (Å²) in [5.74, 6) is 0. The minimum atomic E-state index is 0.489. The van der Waals surface area contributed by atoms with Gasteiger partial charge in [0.15, 0.2) is 0 Å². The summed E-state index contributed by atoms with van der Waals surface area (Å²) in [6.07, 6.45) is 18.1. The van der Waals surface area contributed by atoms with E-state index in [1.54, 1.807) is 6.20 Å². The van der Waals surface area contributed by atoms with Crippen molar-refractivity contribution in [3.05, 3.63) is 30.7 Å². The maximum Gasteiger partial charge on any atom is 0.114 e. The zero-order valence-corrected chi connectivity index (χ0v) is 15.1. The lowest BCUT2D eigenvalue weighted by Crippen LogP contribution is -2.42. The second-order valence-electron chi connectivity index (χ2n) is 7.59. The molecule has 2 fully saturated rings. The van der Waals surface area contributed by atoms with E-state index >= 15 is 0 Å². The first-order valence-electron chi connectivity index (χ1n) is 9.96. The predicted molar refractivity (Wildman–Crippen MR) is 99.2 cm³/mol. The maximum absolute atomic E-state index is 4.40. The van der Waals surface area contributed by atoms with Crippen molar-refractivity contribution in [2.24, 2.45) is 0 Å². The number of pyridine rings is 1. The van der Waals surface area contributed by atoms with Gasteiger partial charge in [-0.1, -0.05) is 37.3 Å². The molecule has 1 aliphatic carbocycles. The standard InChI is InChI=1S/C20H29N5/c1-2-4-8-18(9-5-3-1)24-13-10-19(11-14-24)25-16-20(22-23-25)17-7-6-12-21-15-17/h6-7,12,15-16,18-19H,1-5,8-11,13-14H2. The van der Waals surface area contributed by atoms with E-state index in [0.717, 1.165) is 17.3 Å². The molecule has 2 aromatic heterocycles. The Hall–Kier alpha value is -1.75. The van der Waals surface area contributed by atoms with Crippen molar-refractivity contribution in [1.82, 2.24) is 24.9 Å². The summed E-state index contributed by atoms with van der Waals surface area (Å²) in [6.45, 7) is 2.41. The van der Waals surface area contributed by atoms with Crippen molar-refractivity contribution in [2.45, 2.75) is 69.9 Å². The molecule has 0 N–H and O–H groups in total. The van der Waals surface area contributed by atoms with Gasteiger partial charge in [-0.2, -0.15) is 0 Å². The highest BCUT2D eigenvalue weighted by atomic mass is 15.4. The molecule has 0 aromatic carbocycles. The van der Waals surface area contributed by atoms with Gasteiger partial charge in [-0.25, -0.2) is 4.68 Å². The molecule has 1 saturated heterocycles. The Labute approximate surface area is 150 Å². The summed E-state index contributed by atoms with van der Waals surface area (Å²) >= 11 is 0. The van der Waals surface area contributed by atoms with Crippen LogP contribution in [0, 0.1) is 0 Å². The number of rotatable bonds is 3. The van der Waals surface area contributed by atoms with Crippen LogP contribution in [0.25, 0.3) is 11.3 Å². The molecule has 1 saturated carbocycles. The van der Waals surface area contributed by atoms with E-state index in [9.17, 15) is 0 Å². The van der Waals surface area contributed by atoms with Gasteiger partial charge in [0.2, 0.25) is 0 Å². The lowest BCUT2D eigenvalue weighted by Gasteiger charge is -2.38. The Bertz CT molecular complexity index is 637. The quantitative estimate of drug-likeness (QED) is 0.845. The van der Waals surface area contributed by atoms with Crippen LogP contribution in [0.2, 0.25) is 0 Å². The molecule has 1 aliphatic heterocycles. The monoisotopic (exact) mass is 339 g/mol. The van der Waals surface area contributed by atoms with Crippen LogP contribution in [0.3, 0.4) is 0 Å². The highest BCUT2D eigenvalue weighted by Crippen LogP contribution is 2.28. The topological polar surface area (TPSA) is 46.8 Å². The van der Waals surface area contributed by atoms with E-state index in [4.69, 9.17) is 0 Å². The van der Waals surface area contributed by atoms with Gasteiger partial charge in [0.25, 0.3) is 0 Å². The minimum absolute atomic E-state index is 0.489. The van der Waals surface area contributed by atoms with E-state index in [-0.39, 0.29) is 0 Å². The SMILES string of the molecule is c1cncc(-c2cn(C3CCN(C4CCCCCCC4)CC3)nn2)c1. The second-order valence-corrected chi connectivity index (χ2v) is 7.59. The molecule has 0 unspecified atom stereocenters. The third-order valence-corrected chi connectivity index (χ3v) is 5.93. The molecule has 25 heavy (non-hydrogen) atoms. The molecular weight excluding hydrogens is 310 g/mol. The van der Waals surface area contributed by atoms with Crippen molar-refractivity contribution >= 4 is 0 Å². The van der Waals surface area contributed by atoms with Crippen LogP contribution in [0.4, 0.5) is 0 Å². The first-order chi connectivity index (χ1) is 12.4. The van der Waals surface area contributed by atoms with Gasteiger partial charge >= 0.3 is 0 Å². The van der Waals surface area contributed by atoms with Crippen LogP contribution in [0.1, 0.15) is 63.8 Å². The number of nitrogens with zero attached hydrogens (tertiary/aromatic N) is 5. The summed E-state index contributed by atoms with van der Waals surface area (Å²) in [5.41, 5.74) is 1.97. The smallest absolute Gasteiger partial charge is 0.114 e. The molecule has 0 amide bonds. The average molecular weight is 339 g/mol. The Morgan fingerprint density at radius 2 is 1.64 bits per heavy atom. The van der Waals surface area contributed by atoms with Crippen molar-refractivity contribution in [2.75, 3.05) is 13.1 Å². The molecule has 0 spiro atoms. The number of aromatic nitrogens is 4. The fourth-order valence-electron chi connectivity index (χ4n) is 4.42. The minimum Gasteiger partial charge on any atom is -0.300 e. The Morgan fingerprint density at radius 3 is 2.36 bits per heavy atom. The van der Waals surface area contributed by atoms with Crippen LogP contribution in [0.5, 0.6) is 0 Å². The van der Waals surface area contributed by atoms with Crippen molar-refractivity contribution in [3.8, 4) is 11.3 Å². The molecule has 0 radical (unpaired) electrons. The molecule has 4 rings (SSSR count). The maximum atomic E-state index is 4.40. The molecule has 2 aromatic rings. The molecule has 5 nitrogen and oxygen atoms in total. The van der Waals surface area contributed by atoms with E-state index in [0.29, 0.717) is 6.04 Å². The van der Waals surface area contributed by atoms with Gasteiger partial charge in [0, 0.05) is 37.1 Å². The van der Waals surface area contributed by atoms with Crippen LogP contribution < -0.4 is 0 Å². The molecular formula is C20H29N5. The summed E-state index contributed by atoms with van der Waals surface area (Å²) in [5, 5.41) is 8.75. The second kappa shape index (κ2) is 8.09. The first-order valence-corrected chi connectivity index (χ1v) is 9.96. The van der Waals surface area contributed by atoms with Gasteiger partial charge in [0.1, 0.15) is 5.69 Å². The highest BCUT2D eigenvalue weighted by molar-refractivity contribution is 5.55. The van der Waals surface area contributed by atoms with Gasteiger partial charge in [-0.05, 0) is 37.8 Å². The van der Waals surface area contributed by atoms with Gasteiger partial charge in [-0.3, -0.25) is 4.98 Å². The number of hydrogen-bond donors (Lipinski definition) is 0. The van der Waals surface area contributed by atoms with Crippen molar-refractivity contribution in [3.63, 3.8) is 0 Å². The van der Waals surface area contributed by atoms with Crippen molar-refractivity contribution in [1.29, 1.82) is 0 Å². The third kappa shape index (κ3) is 4.09. The summed E-state index contributed by atoms with van der Waals surface area (Å²) in [6, 6.07) is 5.30. The number of hydrogen-bond acceptors (Lipinski definition) is 4. The summed E-state index contributed by atoms with van der Waals surface area (Å²) in [4.78, 5) is 6.93. The van der Waals surface area contributed by atoms with Crippen LogP contribution in [-0.2, 0) is 0 Å². The third-order valence-electron chi connectivity index (χ3n) is 5.93. The van der Waals surface area contributed by atoms with Crippen LogP contribution in [-0.4, -0.2) is 44.0 Å². The number of piperidine rings is 1. The fraction of sp³-hybridized carbons (Fsp3) is 0.650. The van der Waals surface area contributed by atoms with Crippen LogP contribution >= 0.6 is 0 Å². The highest BCUT2D eigenvalue weighted by Gasteiger charge is 2.26. The lowest BCUT2D eigenvalue weighted by molar-refractivity contribution is 0.112. The molecule has 5 heteroatoms. The summed E-state index contributed by atoms with van der Waals surface area (Å²) < 4.78 is 2.08. The van der Waals surface area contributed by atoms with E-state index in [1.807, 2.05) is 18.3 Å². The normalized spacial score (nSPS) is 21.8. The van der Waals surface area contributed by atoms with Gasteiger partial charge in [-0.15, -0.1) is 5.10 Å². The van der Waals surface area contributed by atoms with E-state index in [1.165, 1.54) is 70.9 Å². The Balaban J connectivity index is 1.35. The fourth-order valence-corrected chi connectivity index (χ4v) is 4.42. The van der Waals surface area contributed by atoms with Crippen molar-refractivity contribution < 1.29 is 0 Å². The van der Waals surface area contributed by atoms with E-state index < -0.39 is 0 Å². The predicted octanol–water partition coefficient (Wildman–Crippen LogP) is 4.09. The average Bonchev–Trinajstić information content (AvgIpc) is 3.13. The number of likely N-dealkylation sites (tertiary alicyclic amines) is 1. The molecule has 2 aliphatic rings. The lowest BCUT2D eigenvalue weighted by atomic mass is 9.93. The van der Waals surface area contributed by atoms with E-state index in [2.05, 4.69) is 31.1 Å². The zero-order chi connectivity index (χ0) is 16.9. The molecule has 0 bridgehead atoms. The largest absolute Gasteiger partial charge is 0.300 e. The molecule has 3 heterocycles. The van der Waals surface area contributed by atoms with Gasteiger partial charge < -0.3 is 4.90 Å². The molecule has 0 atom stereocenters. The Kier molecular flexibility index (Phi) is 5.40. The van der Waals surface area contributed by atoms with Crippen LogP contribution in [0.15, 0.2) is 30.7 Å². The van der Waals surface area contributed by atoms with Gasteiger partial charge in [0.05, 0.1) is 12.2 Å². The molecule has 134 valence electrons. The first kappa shape index (κ1) is 16.7.